The molecule has 0 spiro atoms. The maximum absolute atomic E-state index is 13.9. The van der Waals surface area contributed by atoms with Crippen molar-refractivity contribution in [2.75, 3.05) is 17.7 Å². The van der Waals surface area contributed by atoms with Crippen LogP contribution in [0.2, 0.25) is 5.02 Å². The predicted molar refractivity (Wildman–Crippen MR) is 174 cm³/mol. The molecule has 1 amide bonds. The summed E-state index contributed by atoms with van der Waals surface area (Å²) in [7, 11) is 1.58. The largest absolute Gasteiger partial charge is 0.495 e. The number of thioether (sulfide) groups is 1. The van der Waals surface area contributed by atoms with E-state index in [2.05, 4.69) is 22.8 Å². The summed E-state index contributed by atoms with van der Waals surface area (Å²) in [5.41, 5.74) is 4.70. The molecule has 0 aliphatic carbocycles. The maximum Gasteiger partial charge on any atom is 0.255 e. The van der Waals surface area contributed by atoms with Crippen molar-refractivity contribution >= 4 is 40.9 Å². The Morgan fingerprint density at radius 2 is 1.70 bits per heavy atom. The lowest BCUT2D eigenvalue weighted by Crippen LogP contribution is -2.31. The zero-order chi connectivity index (χ0) is 30.5. The number of hydrogen-bond donors (Lipinski definition) is 2. The standard InChI is InChI=1S/C34H30ClN5O3S/c1-22-30(32(41)37-28-14-8-9-15-29(28)42-2)31(24-16-18-26(19-17-24)43-20-25-12-6-7-13-27(25)35)40-33(36-22)38-34(39-40)44-21-23-10-4-3-5-11-23/h3-19,31H,20-21H2,1-2H3,(H,37,41)(H,36,38,39). The second-order valence-electron chi connectivity index (χ2n) is 10.1. The van der Waals surface area contributed by atoms with Crippen molar-refractivity contribution in [3.05, 3.63) is 136 Å². The van der Waals surface area contributed by atoms with Gasteiger partial charge >= 0.3 is 0 Å². The number of nitrogens with one attached hydrogen (secondary N) is 2. The van der Waals surface area contributed by atoms with Crippen LogP contribution >= 0.6 is 23.4 Å². The van der Waals surface area contributed by atoms with E-state index in [0.29, 0.717) is 51.2 Å². The van der Waals surface area contributed by atoms with Gasteiger partial charge in [-0.15, -0.1) is 5.10 Å². The summed E-state index contributed by atoms with van der Waals surface area (Å²) in [5.74, 6) is 2.26. The normalized spacial score (nSPS) is 14.0. The van der Waals surface area contributed by atoms with Crippen molar-refractivity contribution in [1.29, 1.82) is 0 Å². The summed E-state index contributed by atoms with van der Waals surface area (Å²) in [4.78, 5) is 18.7. The molecule has 6 rings (SSSR count). The number of ether oxygens (including phenoxy) is 2. The van der Waals surface area contributed by atoms with Crippen molar-refractivity contribution in [3.63, 3.8) is 0 Å². The Kier molecular flexibility index (Phi) is 8.86. The van der Waals surface area contributed by atoms with Crippen molar-refractivity contribution in [1.82, 2.24) is 14.8 Å². The van der Waals surface area contributed by atoms with Crippen LogP contribution in [0.1, 0.15) is 29.7 Å². The molecule has 0 bridgehead atoms. The van der Waals surface area contributed by atoms with Gasteiger partial charge in [-0.2, -0.15) is 4.98 Å². The van der Waals surface area contributed by atoms with Crippen LogP contribution in [0.3, 0.4) is 0 Å². The van der Waals surface area contributed by atoms with Gasteiger partial charge in [0.05, 0.1) is 18.4 Å². The molecule has 1 unspecified atom stereocenters. The highest BCUT2D eigenvalue weighted by molar-refractivity contribution is 7.98. The Labute approximate surface area is 265 Å². The van der Waals surface area contributed by atoms with E-state index in [-0.39, 0.29) is 5.91 Å². The number of amides is 1. The fourth-order valence-corrected chi connectivity index (χ4v) is 5.95. The Morgan fingerprint density at radius 1 is 0.977 bits per heavy atom. The summed E-state index contributed by atoms with van der Waals surface area (Å²) < 4.78 is 13.3. The number of methoxy groups -OCH3 is 1. The molecule has 1 atom stereocenters. The summed E-state index contributed by atoms with van der Waals surface area (Å²) in [6, 6.07) is 32.2. The number of para-hydroxylation sites is 2. The monoisotopic (exact) mass is 623 g/mol. The predicted octanol–water partition coefficient (Wildman–Crippen LogP) is 7.74. The van der Waals surface area contributed by atoms with E-state index >= 15 is 0 Å². The van der Waals surface area contributed by atoms with Crippen molar-refractivity contribution in [3.8, 4) is 11.5 Å². The van der Waals surface area contributed by atoms with E-state index in [1.54, 1.807) is 29.6 Å². The van der Waals surface area contributed by atoms with Crippen LogP contribution < -0.4 is 20.1 Å². The highest BCUT2D eigenvalue weighted by Gasteiger charge is 2.34. The molecule has 5 aromatic rings. The Hall–Kier alpha value is -4.73. The minimum absolute atomic E-state index is 0.275. The third kappa shape index (κ3) is 6.44. The number of benzene rings is 4. The summed E-state index contributed by atoms with van der Waals surface area (Å²) in [6.45, 7) is 2.22. The molecule has 222 valence electrons. The highest BCUT2D eigenvalue weighted by atomic mass is 35.5. The number of aromatic nitrogens is 3. The first-order chi connectivity index (χ1) is 21.5. The minimum Gasteiger partial charge on any atom is -0.495 e. The number of hydrogen-bond acceptors (Lipinski definition) is 7. The third-order valence-electron chi connectivity index (χ3n) is 7.19. The van der Waals surface area contributed by atoms with Crippen LogP contribution in [-0.4, -0.2) is 27.8 Å². The van der Waals surface area contributed by atoms with Gasteiger partial charge in [0.25, 0.3) is 5.91 Å². The first-order valence-corrected chi connectivity index (χ1v) is 15.4. The van der Waals surface area contributed by atoms with Crippen molar-refractivity contribution < 1.29 is 14.3 Å². The number of carbonyl (C=O) groups excluding carboxylic acids is 1. The van der Waals surface area contributed by atoms with Gasteiger partial charge < -0.3 is 20.1 Å². The van der Waals surface area contributed by atoms with Gasteiger partial charge in [-0.05, 0) is 48.4 Å². The molecule has 0 fully saturated rings. The Morgan fingerprint density at radius 3 is 2.48 bits per heavy atom. The molecule has 1 aliphatic rings. The zero-order valence-corrected chi connectivity index (χ0v) is 25.7. The third-order valence-corrected chi connectivity index (χ3v) is 8.47. The quantitative estimate of drug-likeness (QED) is 0.154. The van der Waals surface area contributed by atoms with Gasteiger partial charge in [-0.25, -0.2) is 4.68 Å². The number of carbonyl (C=O) groups is 1. The summed E-state index contributed by atoms with van der Waals surface area (Å²) in [5, 5.41) is 12.5. The molecule has 10 heteroatoms. The molecule has 1 aromatic heterocycles. The van der Waals surface area contributed by atoms with Crippen molar-refractivity contribution in [2.24, 2.45) is 0 Å². The van der Waals surface area contributed by atoms with Gasteiger partial charge in [0, 0.05) is 22.0 Å². The first-order valence-electron chi connectivity index (χ1n) is 14.0. The highest BCUT2D eigenvalue weighted by Crippen LogP contribution is 2.38. The smallest absolute Gasteiger partial charge is 0.255 e. The maximum atomic E-state index is 13.9. The summed E-state index contributed by atoms with van der Waals surface area (Å²) >= 11 is 7.85. The van der Waals surface area contributed by atoms with E-state index in [1.165, 1.54) is 5.56 Å². The number of fused-ring (bicyclic) bond motifs is 1. The topological polar surface area (TPSA) is 90.3 Å². The molecule has 0 saturated carbocycles. The Balaban J connectivity index is 1.31. The van der Waals surface area contributed by atoms with Gasteiger partial charge in [0.1, 0.15) is 24.1 Å². The SMILES string of the molecule is COc1ccccc1NC(=O)C1=C(C)Nc2nc(SCc3ccccc3)nn2C1c1ccc(OCc2ccccc2Cl)cc1. The second-order valence-corrected chi connectivity index (χ2v) is 11.5. The average Bonchev–Trinajstić information content (AvgIpc) is 3.46. The number of rotatable bonds is 10. The van der Waals surface area contributed by atoms with E-state index in [0.717, 1.165) is 16.9 Å². The van der Waals surface area contributed by atoms with E-state index < -0.39 is 6.04 Å². The van der Waals surface area contributed by atoms with E-state index in [9.17, 15) is 4.79 Å². The van der Waals surface area contributed by atoms with Crippen LogP contribution in [-0.2, 0) is 17.2 Å². The van der Waals surface area contributed by atoms with Crippen molar-refractivity contribution in [2.45, 2.75) is 30.5 Å². The van der Waals surface area contributed by atoms with Crippen LogP contribution in [0.5, 0.6) is 11.5 Å². The molecule has 1 aliphatic heterocycles. The molecule has 2 heterocycles. The van der Waals surface area contributed by atoms with Crippen LogP contribution in [0.4, 0.5) is 11.6 Å². The molecule has 2 N–H and O–H groups in total. The molecular formula is C34H30ClN5O3S. The molecule has 0 saturated heterocycles. The lowest BCUT2D eigenvalue weighted by molar-refractivity contribution is -0.113. The lowest BCUT2D eigenvalue weighted by Gasteiger charge is -2.29. The minimum atomic E-state index is -0.544. The van der Waals surface area contributed by atoms with Gasteiger partial charge in [0.2, 0.25) is 11.1 Å². The van der Waals surface area contributed by atoms with Gasteiger partial charge in [-0.3, -0.25) is 4.79 Å². The number of anilines is 2. The zero-order valence-electron chi connectivity index (χ0n) is 24.2. The van der Waals surface area contributed by atoms with Crippen LogP contribution in [0, 0.1) is 0 Å². The second kappa shape index (κ2) is 13.3. The van der Waals surface area contributed by atoms with E-state index in [1.807, 2.05) is 91.9 Å². The Bertz CT molecular complexity index is 1810. The van der Waals surface area contributed by atoms with Crippen LogP contribution in [0.25, 0.3) is 0 Å². The fraction of sp³-hybridized carbons (Fsp3) is 0.147. The molecule has 4 aromatic carbocycles. The lowest BCUT2D eigenvalue weighted by atomic mass is 9.95. The molecular weight excluding hydrogens is 594 g/mol. The first kappa shape index (κ1) is 29.3. The number of halogens is 1. The van der Waals surface area contributed by atoms with Gasteiger partial charge in [-0.1, -0.05) is 96.2 Å². The molecule has 8 nitrogen and oxygen atoms in total. The molecule has 44 heavy (non-hydrogen) atoms. The molecule has 0 radical (unpaired) electrons. The summed E-state index contributed by atoms with van der Waals surface area (Å²) in [6.07, 6.45) is 0. The van der Waals surface area contributed by atoms with Crippen LogP contribution in [0.15, 0.2) is 120 Å². The number of nitrogens with zero attached hydrogens (tertiary/aromatic N) is 3. The van der Waals surface area contributed by atoms with E-state index in [4.69, 9.17) is 31.2 Å². The fourth-order valence-electron chi connectivity index (χ4n) is 4.98. The number of allylic oxidation sites excluding steroid dienone is 1. The van der Waals surface area contributed by atoms with Gasteiger partial charge in [0.15, 0.2) is 0 Å². The average molecular weight is 624 g/mol.